The van der Waals surface area contributed by atoms with E-state index in [9.17, 15) is 14.0 Å². The van der Waals surface area contributed by atoms with Crippen LogP contribution in [0.2, 0.25) is 0 Å². The summed E-state index contributed by atoms with van der Waals surface area (Å²) in [6.45, 7) is 0. The van der Waals surface area contributed by atoms with E-state index in [0.717, 1.165) is 17.3 Å². The first kappa shape index (κ1) is 16.2. The number of thioether (sulfide) groups is 1. The molecule has 1 aliphatic carbocycles. The van der Waals surface area contributed by atoms with E-state index in [4.69, 9.17) is 21.8 Å². The minimum atomic E-state index is -0.419. The second-order valence-corrected chi connectivity index (χ2v) is 6.07. The number of rotatable bonds is 0. The second kappa shape index (κ2) is 6.31. The average Bonchev–Trinajstić information content (AvgIpc) is 2.90. The third-order valence-electron chi connectivity index (χ3n) is 3.16. The zero-order chi connectivity index (χ0) is 16.4. The van der Waals surface area contributed by atoms with Crippen LogP contribution in [0, 0.1) is 5.82 Å². The van der Waals surface area contributed by atoms with Crippen molar-refractivity contribution < 1.29 is 23.6 Å². The van der Waals surface area contributed by atoms with Crippen LogP contribution in [0.25, 0.3) is 5.57 Å². The number of Topliss-reactive ketones (excluding diaryl/α,β-unsaturated/α-hetero) is 1. The number of fused-ring (bicyclic) bond motifs is 1. The first-order valence-electron chi connectivity index (χ1n) is 5.96. The molecule has 1 aromatic rings. The van der Waals surface area contributed by atoms with Gasteiger partial charge < -0.3 is 0 Å². The Balaban J connectivity index is 0.000000545. The molecule has 0 radical (unpaired) electrons. The van der Waals surface area contributed by atoms with E-state index < -0.39 is 5.82 Å². The number of halogens is 1. The van der Waals surface area contributed by atoms with Crippen LogP contribution in [0.1, 0.15) is 11.1 Å². The van der Waals surface area contributed by atoms with E-state index in [2.05, 4.69) is 0 Å². The standard InChI is InChI=1S/C13H8FNO2S2.CO2/c1-15-12(17)11(19-13(15)18)10-8-5-7(14)3-2-6(8)4-9(10)16;2-1-3/h2-3,5H,4H2,1H3;/b11-10-;. The summed E-state index contributed by atoms with van der Waals surface area (Å²) in [6, 6.07) is 4.21. The Kier molecular flexibility index (Phi) is 4.65. The van der Waals surface area contributed by atoms with Gasteiger partial charge in [0, 0.05) is 19.0 Å². The van der Waals surface area contributed by atoms with Gasteiger partial charge in [-0.3, -0.25) is 14.5 Å². The van der Waals surface area contributed by atoms with Crippen molar-refractivity contribution in [2.24, 2.45) is 0 Å². The van der Waals surface area contributed by atoms with Gasteiger partial charge in [-0.15, -0.1) is 0 Å². The van der Waals surface area contributed by atoms with Gasteiger partial charge in [-0.2, -0.15) is 9.59 Å². The molecule has 2 aliphatic rings. The molecule has 0 bridgehead atoms. The SMILES string of the molecule is CN1C(=O)/C(=C2/C(=O)Cc3ccc(F)cc32)SC1=S.O=C=O. The van der Waals surface area contributed by atoms with E-state index in [0.29, 0.717) is 20.4 Å². The second-order valence-electron chi connectivity index (χ2n) is 4.42. The van der Waals surface area contributed by atoms with Gasteiger partial charge in [-0.25, -0.2) is 4.39 Å². The van der Waals surface area contributed by atoms with Gasteiger partial charge in [0.1, 0.15) is 10.1 Å². The average molecular weight is 337 g/mol. The van der Waals surface area contributed by atoms with Gasteiger partial charge in [0.05, 0.1) is 4.91 Å². The minimum absolute atomic E-state index is 0.158. The highest BCUT2D eigenvalue weighted by molar-refractivity contribution is 8.26. The van der Waals surface area contributed by atoms with E-state index in [1.807, 2.05) is 0 Å². The molecule has 1 saturated heterocycles. The molecule has 8 heteroatoms. The fraction of sp³-hybridized carbons (Fsp3) is 0.143. The highest BCUT2D eigenvalue weighted by atomic mass is 32.2. The number of carbonyl (C=O) groups is 2. The summed E-state index contributed by atoms with van der Waals surface area (Å²) in [5.41, 5.74) is 1.57. The quantitative estimate of drug-likeness (QED) is 0.529. The predicted molar refractivity (Wildman–Crippen MR) is 80.0 cm³/mol. The van der Waals surface area contributed by atoms with E-state index in [-0.39, 0.29) is 24.3 Å². The van der Waals surface area contributed by atoms with E-state index in [1.54, 1.807) is 13.1 Å². The Bertz CT molecular complexity index is 766. The van der Waals surface area contributed by atoms with Crippen molar-refractivity contribution in [2.45, 2.75) is 6.42 Å². The van der Waals surface area contributed by atoms with Crippen molar-refractivity contribution in [3.8, 4) is 0 Å². The molecule has 1 aromatic carbocycles. The molecule has 0 atom stereocenters. The molecule has 0 spiro atoms. The highest BCUT2D eigenvalue weighted by Crippen LogP contribution is 2.40. The van der Waals surface area contributed by atoms with E-state index in [1.165, 1.54) is 17.0 Å². The molecule has 1 heterocycles. The summed E-state index contributed by atoms with van der Waals surface area (Å²) in [7, 11) is 1.57. The van der Waals surface area contributed by atoms with Crippen LogP contribution in [-0.4, -0.2) is 34.1 Å². The van der Waals surface area contributed by atoms with Crippen molar-refractivity contribution in [3.63, 3.8) is 0 Å². The number of thiocarbonyl (C=S) groups is 1. The summed E-state index contributed by atoms with van der Waals surface area (Å²) in [5.74, 6) is -0.872. The van der Waals surface area contributed by atoms with E-state index >= 15 is 0 Å². The lowest BCUT2D eigenvalue weighted by Crippen LogP contribution is -2.22. The third-order valence-corrected chi connectivity index (χ3v) is 4.72. The van der Waals surface area contributed by atoms with Crippen molar-refractivity contribution in [3.05, 3.63) is 40.0 Å². The van der Waals surface area contributed by atoms with Crippen LogP contribution in [-0.2, 0) is 25.6 Å². The predicted octanol–water partition coefficient (Wildman–Crippen LogP) is 1.57. The summed E-state index contributed by atoms with van der Waals surface area (Å²) < 4.78 is 13.7. The lowest BCUT2D eigenvalue weighted by Gasteiger charge is -2.05. The molecule has 1 amide bonds. The number of likely N-dealkylation sites (N-methyl/N-ethyl adjacent to an activating group) is 1. The Morgan fingerprint density at radius 1 is 1.32 bits per heavy atom. The number of benzene rings is 1. The molecule has 5 nitrogen and oxygen atoms in total. The fourth-order valence-corrected chi connectivity index (χ4v) is 3.47. The monoisotopic (exact) mass is 337 g/mol. The Labute approximate surface area is 134 Å². The molecule has 3 rings (SSSR count). The van der Waals surface area contributed by atoms with Crippen LogP contribution < -0.4 is 0 Å². The number of amides is 1. The lowest BCUT2D eigenvalue weighted by atomic mass is 10.1. The normalized spacial score (nSPS) is 19.7. The van der Waals surface area contributed by atoms with Crippen LogP contribution >= 0.6 is 24.0 Å². The minimum Gasteiger partial charge on any atom is -0.296 e. The summed E-state index contributed by atoms with van der Waals surface area (Å²) in [4.78, 5) is 42.0. The molecule has 22 heavy (non-hydrogen) atoms. The topological polar surface area (TPSA) is 71.5 Å². The highest BCUT2D eigenvalue weighted by Gasteiger charge is 2.37. The van der Waals surface area contributed by atoms with Gasteiger partial charge in [-0.05, 0) is 23.3 Å². The number of hydrogen-bond donors (Lipinski definition) is 0. The lowest BCUT2D eigenvalue weighted by molar-refractivity contribution is -0.191. The zero-order valence-corrected chi connectivity index (χ0v) is 12.8. The van der Waals surface area contributed by atoms with Crippen molar-refractivity contribution in [1.29, 1.82) is 0 Å². The maximum absolute atomic E-state index is 13.3. The van der Waals surface area contributed by atoms with Gasteiger partial charge in [0.15, 0.2) is 5.78 Å². The van der Waals surface area contributed by atoms with Crippen LogP contribution in [0.5, 0.6) is 0 Å². The first-order valence-corrected chi connectivity index (χ1v) is 7.18. The van der Waals surface area contributed by atoms with Crippen molar-refractivity contribution in [1.82, 2.24) is 4.90 Å². The largest absolute Gasteiger partial charge is 0.373 e. The first-order chi connectivity index (χ1) is 10.4. The van der Waals surface area contributed by atoms with Crippen LogP contribution in [0.15, 0.2) is 23.1 Å². The van der Waals surface area contributed by atoms with Gasteiger partial charge in [0.2, 0.25) is 0 Å². The number of carbonyl (C=O) groups excluding carboxylic acids is 4. The summed E-state index contributed by atoms with van der Waals surface area (Å²) in [6.07, 6.45) is 0.457. The number of nitrogens with zero attached hydrogens (tertiary/aromatic N) is 1. The van der Waals surface area contributed by atoms with Crippen LogP contribution in [0.3, 0.4) is 0 Å². The van der Waals surface area contributed by atoms with Gasteiger partial charge in [0.25, 0.3) is 5.91 Å². The smallest absolute Gasteiger partial charge is 0.296 e. The summed E-state index contributed by atoms with van der Waals surface area (Å²) >= 11 is 6.14. The molecule has 0 aromatic heterocycles. The maximum Gasteiger partial charge on any atom is 0.373 e. The molecule has 0 unspecified atom stereocenters. The fourth-order valence-electron chi connectivity index (χ4n) is 2.19. The number of hydrogen-bond acceptors (Lipinski definition) is 6. The Morgan fingerprint density at radius 2 is 1.95 bits per heavy atom. The third kappa shape index (κ3) is 2.76. The molecule has 112 valence electrons. The van der Waals surface area contributed by atoms with Crippen molar-refractivity contribution in [2.75, 3.05) is 7.05 Å². The van der Waals surface area contributed by atoms with Crippen molar-refractivity contribution >= 4 is 51.7 Å². The molecular weight excluding hydrogens is 329 g/mol. The number of allylic oxidation sites excluding steroid dienone is 1. The molecule has 1 fully saturated rings. The summed E-state index contributed by atoms with van der Waals surface area (Å²) in [5, 5.41) is 0. The molecule has 0 N–H and O–H groups in total. The number of ketones is 1. The molecule has 0 saturated carbocycles. The Hall–Kier alpha value is -2.15. The van der Waals surface area contributed by atoms with Crippen LogP contribution in [0.4, 0.5) is 4.39 Å². The molecular formula is C14H8FNO4S2. The maximum atomic E-state index is 13.3. The zero-order valence-electron chi connectivity index (χ0n) is 11.2. The Morgan fingerprint density at radius 3 is 2.50 bits per heavy atom. The van der Waals surface area contributed by atoms with Gasteiger partial charge in [-0.1, -0.05) is 30.0 Å². The molecule has 1 aliphatic heterocycles. The van der Waals surface area contributed by atoms with Gasteiger partial charge >= 0.3 is 6.15 Å².